The molecule has 0 saturated carbocycles. The van der Waals surface area contributed by atoms with Gasteiger partial charge in [-0.2, -0.15) is 5.26 Å². The van der Waals surface area contributed by atoms with Gasteiger partial charge in [0.25, 0.3) is 5.91 Å². The molecule has 3 rings (SSSR count). The Hall–Kier alpha value is -3.10. The number of carbonyl (C=O) groups excluding carboxylic acids is 1. The van der Waals surface area contributed by atoms with E-state index >= 15 is 0 Å². The van der Waals surface area contributed by atoms with Crippen LogP contribution in [0.25, 0.3) is 17.4 Å². The Labute approximate surface area is 166 Å². The molecule has 0 saturated heterocycles. The van der Waals surface area contributed by atoms with Crippen molar-refractivity contribution in [2.45, 2.75) is 13.0 Å². The number of hydrogen-bond donors (Lipinski definition) is 1. The predicted octanol–water partition coefficient (Wildman–Crippen LogP) is 5.49. The highest BCUT2D eigenvalue weighted by atomic mass is 79.9. The van der Waals surface area contributed by atoms with E-state index in [1.165, 1.54) is 6.08 Å². The van der Waals surface area contributed by atoms with Crippen LogP contribution in [0.15, 0.2) is 81.2 Å². The first-order valence-electron chi connectivity index (χ1n) is 8.40. The largest absolute Gasteiger partial charge is 0.457 e. The first-order valence-corrected chi connectivity index (χ1v) is 9.19. The van der Waals surface area contributed by atoms with Crippen molar-refractivity contribution >= 4 is 27.9 Å². The zero-order valence-electron chi connectivity index (χ0n) is 14.6. The Morgan fingerprint density at radius 3 is 2.63 bits per heavy atom. The molecule has 0 spiro atoms. The number of rotatable bonds is 5. The first-order chi connectivity index (χ1) is 13.1. The van der Waals surface area contributed by atoms with Gasteiger partial charge in [-0.05, 0) is 36.8 Å². The second-order valence-corrected chi connectivity index (χ2v) is 6.90. The van der Waals surface area contributed by atoms with E-state index in [0.29, 0.717) is 11.5 Å². The van der Waals surface area contributed by atoms with Gasteiger partial charge in [0.05, 0.1) is 6.04 Å². The second kappa shape index (κ2) is 8.52. The van der Waals surface area contributed by atoms with Crippen LogP contribution in [-0.2, 0) is 4.79 Å². The van der Waals surface area contributed by atoms with Crippen LogP contribution < -0.4 is 5.32 Å². The van der Waals surface area contributed by atoms with Crippen molar-refractivity contribution in [1.29, 1.82) is 5.26 Å². The van der Waals surface area contributed by atoms with Gasteiger partial charge in [0.15, 0.2) is 0 Å². The smallest absolute Gasteiger partial charge is 0.262 e. The van der Waals surface area contributed by atoms with Gasteiger partial charge in [-0.3, -0.25) is 4.79 Å². The van der Waals surface area contributed by atoms with E-state index in [9.17, 15) is 10.1 Å². The average Bonchev–Trinajstić information content (AvgIpc) is 3.15. The lowest BCUT2D eigenvalue weighted by atomic mass is 10.1. The fraction of sp³-hybridized carbons (Fsp3) is 0.0909. The van der Waals surface area contributed by atoms with Crippen LogP contribution in [0, 0.1) is 11.3 Å². The van der Waals surface area contributed by atoms with E-state index in [-0.39, 0.29) is 11.6 Å². The number of carbonyl (C=O) groups is 1. The summed E-state index contributed by atoms with van der Waals surface area (Å²) in [7, 11) is 0. The predicted molar refractivity (Wildman–Crippen MR) is 108 cm³/mol. The van der Waals surface area contributed by atoms with Crippen molar-refractivity contribution in [2.75, 3.05) is 0 Å². The maximum Gasteiger partial charge on any atom is 0.262 e. The molecule has 0 radical (unpaired) electrons. The molecular formula is C22H17BrN2O2. The van der Waals surface area contributed by atoms with Crippen molar-refractivity contribution in [3.8, 4) is 17.4 Å². The topological polar surface area (TPSA) is 66.0 Å². The van der Waals surface area contributed by atoms with Crippen LogP contribution >= 0.6 is 15.9 Å². The minimum atomic E-state index is -0.436. The van der Waals surface area contributed by atoms with Gasteiger partial charge in [0, 0.05) is 16.1 Å². The average molecular weight is 421 g/mol. The molecule has 1 atom stereocenters. The molecule has 1 N–H and O–H groups in total. The van der Waals surface area contributed by atoms with Crippen molar-refractivity contribution in [3.63, 3.8) is 0 Å². The molecule has 4 nitrogen and oxygen atoms in total. The highest BCUT2D eigenvalue weighted by Gasteiger charge is 2.14. The summed E-state index contributed by atoms with van der Waals surface area (Å²) in [6.07, 6.45) is 1.45. The summed E-state index contributed by atoms with van der Waals surface area (Å²) in [5.74, 6) is 0.677. The van der Waals surface area contributed by atoms with Gasteiger partial charge in [-0.15, -0.1) is 0 Å². The molecule has 0 aliphatic carbocycles. The number of furan rings is 1. The third kappa shape index (κ3) is 4.75. The Morgan fingerprint density at radius 2 is 1.93 bits per heavy atom. The second-order valence-electron chi connectivity index (χ2n) is 5.99. The van der Waals surface area contributed by atoms with Crippen LogP contribution in [0.4, 0.5) is 0 Å². The molecule has 2 aromatic carbocycles. The minimum Gasteiger partial charge on any atom is -0.457 e. The number of nitrogens with zero attached hydrogens (tertiary/aromatic N) is 1. The summed E-state index contributed by atoms with van der Waals surface area (Å²) in [4.78, 5) is 12.4. The van der Waals surface area contributed by atoms with Gasteiger partial charge < -0.3 is 9.73 Å². The van der Waals surface area contributed by atoms with E-state index in [1.54, 1.807) is 6.07 Å². The van der Waals surface area contributed by atoms with Crippen LogP contribution in [0.3, 0.4) is 0 Å². The monoisotopic (exact) mass is 420 g/mol. The Balaban J connectivity index is 1.76. The normalized spacial score (nSPS) is 12.3. The summed E-state index contributed by atoms with van der Waals surface area (Å²) >= 11 is 3.43. The first kappa shape index (κ1) is 18.7. The zero-order valence-corrected chi connectivity index (χ0v) is 16.2. The van der Waals surface area contributed by atoms with Crippen molar-refractivity contribution < 1.29 is 9.21 Å². The van der Waals surface area contributed by atoms with Gasteiger partial charge >= 0.3 is 0 Å². The molecule has 0 fully saturated rings. The molecule has 0 bridgehead atoms. The summed E-state index contributed by atoms with van der Waals surface area (Å²) in [5, 5.41) is 12.2. The molecule has 27 heavy (non-hydrogen) atoms. The lowest BCUT2D eigenvalue weighted by molar-refractivity contribution is -0.117. The molecule has 0 aliphatic rings. The maximum atomic E-state index is 12.4. The third-order valence-electron chi connectivity index (χ3n) is 4.03. The highest BCUT2D eigenvalue weighted by Crippen LogP contribution is 2.26. The fourth-order valence-corrected chi connectivity index (χ4v) is 3.02. The van der Waals surface area contributed by atoms with Gasteiger partial charge in [0.1, 0.15) is 23.2 Å². The maximum absolute atomic E-state index is 12.4. The third-order valence-corrected chi connectivity index (χ3v) is 4.53. The molecule has 1 heterocycles. The van der Waals surface area contributed by atoms with Gasteiger partial charge in [0.2, 0.25) is 0 Å². The molecule has 134 valence electrons. The van der Waals surface area contributed by atoms with Gasteiger partial charge in [-0.25, -0.2) is 0 Å². The molecule has 1 amide bonds. The SMILES string of the molecule is C[C@H](NC(=O)/C(C#N)=C\c1ccc(-c2cccc(Br)c2)o1)c1ccccc1. The van der Waals surface area contributed by atoms with Crippen molar-refractivity contribution in [1.82, 2.24) is 5.32 Å². The molecule has 5 heteroatoms. The lowest BCUT2D eigenvalue weighted by Crippen LogP contribution is -2.27. The van der Waals surface area contributed by atoms with Crippen LogP contribution in [-0.4, -0.2) is 5.91 Å². The summed E-state index contributed by atoms with van der Waals surface area (Å²) in [6.45, 7) is 1.88. The number of hydrogen-bond acceptors (Lipinski definition) is 3. The molecule has 1 aromatic heterocycles. The number of nitrogens with one attached hydrogen (secondary N) is 1. The summed E-state index contributed by atoms with van der Waals surface area (Å²) in [5.41, 5.74) is 1.87. The van der Waals surface area contributed by atoms with Crippen LogP contribution in [0.2, 0.25) is 0 Å². The molecule has 0 unspecified atom stereocenters. The lowest BCUT2D eigenvalue weighted by Gasteiger charge is -2.13. The standard InChI is InChI=1S/C22H17BrN2O2/c1-15(16-6-3-2-4-7-16)25-22(26)18(14-24)13-20-10-11-21(27-20)17-8-5-9-19(23)12-17/h2-13,15H,1H3,(H,25,26)/b18-13-/t15-/m0/s1. The molecule has 0 aliphatic heterocycles. The summed E-state index contributed by atoms with van der Waals surface area (Å²) in [6, 6.07) is 22.6. The van der Waals surface area contributed by atoms with E-state index in [4.69, 9.17) is 4.42 Å². The highest BCUT2D eigenvalue weighted by molar-refractivity contribution is 9.10. The van der Waals surface area contributed by atoms with Crippen molar-refractivity contribution in [3.05, 3.63) is 88.1 Å². The minimum absolute atomic E-state index is 0.00655. The van der Waals surface area contributed by atoms with Gasteiger partial charge in [-0.1, -0.05) is 58.4 Å². The number of halogens is 1. The summed E-state index contributed by atoms with van der Waals surface area (Å²) < 4.78 is 6.71. The van der Waals surface area contributed by atoms with E-state index in [1.807, 2.05) is 73.7 Å². The fourth-order valence-electron chi connectivity index (χ4n) is 2.62. The Morgan fingerprint density at radius 1 is 1.15 bits per heavy atom. The van der Waals surface area contributed by atoms with E-state index in [2.05, 4.69) is 21.2 Å². The molecule has 3 aromatic rings. The number of nitriles is 1. The van der Waals surface area contributed by atoms with E-state index in [0.717, 1.165) is 15.6 Å². The van der Waals surface area contributed by atoms with Crippen LogP contribution in [0.1, 0.15) is 24.3 Å². The van der Waals surface area contributed by atoms with E-state index < -0.39 is 5.91 Å². The Kier molecular flexibility index (Phi) is 5.90. The molecular weight excluding hydrogens is 404 g/mol. The zero-order chi connectivity index (χ0) is 19.2. The van der Waals surface area contributed by atoms with Crippen LogP contribution in [0.5, 0.6) is 0 Å². The van der Waals surface area contributed by atoms with Crippen molar-refractivity contribution in [2.24, 2.45) is 0 Å². The Bertz CT molecular complexity index is 1020. The number of amides is 1. The quantitative estimate of drug-likeness (QED) is 0.438. The number of benzene rings is 2.